The number of likely N-dealkylation sites (N-methyl/N-ethyl adjacent to an activating group) is 1. The van der Waals surface area contributed by atoms with Crippen LogP contribution in [0.15, 0.2) is 11.6 Å². The molecule has 0 heterocycles. The zero-order chi connectivity index (χ0) is 47.5. The number of carbonyl (C=O) groups excluding carboxylic acids is 2. The van der Waals surface area contributed by atoms with E-state index in [0.717, 1.165) is 68.1 Å². The van der Waals surface area contributed by atoms with Gasteiger partial charge in [-0.05, 0) is 97.7 Å². The van der Waals surface area contributed by atoms with Crippen LogP contribution in [0.3, 0.4) is 0 Å². The van der Waals surface area contributed by atoms with Crippen molar-refractivity contribution < 1.29 is 46.8 Å². The summed E-state index contributed by atoms with van der Waals surface area (Å²) in [4.78, 5) is 36.6. The zero-order valence-corrected chi connectivity index (χ0v) is 44.1. The molecule has 0 amide bonds. The largest absolute Gasteiger partial charge is 0.509 e. The lowest BCUT2D eigenvalue weighted by Crippen LogP contribution is -2.51. The van der Waals surface area contributed by atoms with Gasteiger partial charge in [-0.15, -0.1) is 0 Å². The number of quaternary nitrogens is 1. The highest BCUT2D eigenvalue weighted by Gasteiger charge is 2.59. The first-order chi connectivity index (χ1) is 30.9. The third kappa shape index (κ3) is 18.8. The van der Waals surface area contributed by atoms with Gasteiger partial charge in [-0.2, -0.15) is 0 Å². The molecule has 0 aromatic rings. The fourth-order valence-electron chi connectivity index (χ4n) is 12.7. The molecule has 4 aliphatic carbocycles. The van der Waals surface area contributed by atoms with Gasteiger partial charge in [0.05, 0.1) is 27.7 Å². The maximum Gasteiger partial charge on any atom is 0.509 e. The van der Waals surface area contributed by atoms with Gasteiger partial charge in [0.15, 0.2) is 6.10 Å². The van der Waals surface area contributed by atoms with Gasteiger partial charge < -0.3 is 23.6 Å². The number of phosphoric ester groups is 1. The van der Waals surface area contributed by atoms with Crippen LogP contribution in [0.25, 0.3) is 0 Å². The molecule has 10 atom stereocenters. The maximum absolute atomic E-state index is 13.4. The Morgan fingerprint density at radius 2 is 1.42 bits per heavy atom. The van der Waals surface area contributed by atoms with Crippen LogP contribution in [0.5, 0.6) is 0 Å². The molecule has 3 fully saturated rings. The molecule has 0 aromatic carbocycles. The minimum absolute atomic E-state index is 0.00933. The van der Waals surface area contributed by atoms with Crippen molar-refractivity contribution in [3.8, 4) is 0 Å². The minimum atomic E-state index is -4.46. The number of carbonyl (C=O) groups is 2. The Morgan fingerprint density at radius 3 is 2.03 bits per heavy atom. The van der Waals surface area contributed by atoms with Gasteiger partial charge in [-0.25, -0.2) is 9.36 Å². The first-order valence-electron chi connectivity index (χ1n) is 27.0. The van der Waals surface area contributed by atoms with Crippen molar-refractivity contribution in [2.45, 2.75) is 227 Å². The molecule has 10 nitrogen and oxygen atoms in total. The van der Waals surface area contributed by atoms with Crippen molar-refractivity contribution in [3.63, 3.8) is 0 Å². The Bertz CT molecular complexity index is 1480. The number of allylic oxidation sites excluding steroid dienone is 1. The molecule has 1 N–H and O–H groups in total. The van der Waals surface area contributed by atoms with Crippen LogP contribution in [0, 0.1) is 46.3 Å². The number of fused-ring (bicyclic) bond motifs is 5. The summed E-state index contributed by atoms with van der Waals surface area (Å²) in [5, 5.41) is 0. The summed E-state index contributed by atoms with van der Waals surface area (Å²) in [6.45, 7) is 14.3. The number of ether oxygens (including phenoxy) is 3. The average molecular weight is 937 g/mol. The van der Waals surface area contributed by atoms with Gasteiger partial charge in [0.1, 0.15) is 25.9 Å². The highest BCUT2D eigenvalue weighted by molar-refractivity contribution is 7.47. The predicted molar refractivity (Wildman–Crippen MR) is 263 cm³/mol. The van der Waals surface area contributed by atoms with E-state index in [1.165, 1.54) is 128 Å². The molecule has 65 heavy (non-hydrogen) atoms. The molecular weight excluding hydrogens is 838 g/mol. The second-order valence-electron chi connectivity index (χ2n) is 23.3. The van der Waals surface area contributed by atoms with Crippen molar-refractivity contribution in [2.24, 2.45) is 46.3 Å². The lowest BCUT2D eigenvalue weighted by molar-refractivity contribution is -0.870. The van der Waals surface area contributed by atoms with Crippen LogP contribution in [0.2, 0.25) is 0 Å². The Hall–Kier alpha value is -1.45. The first-order valence-corrected chi connectivity index (χ1v) is 28.5. The number of esters is 1. The Balaban J connectivity index is 1.22. The molecule has 3 saturated carbocycles. The second kappa shape index (κ2) is 27.7. The summed E-state index contributed by atoms with van der Waals surface area (Å²) in [5.74, 6) is 4.17. The van der Waals surface area contributed by atoms with E-state index >= 15 is 0 Å². The average Bonchev–Trinajstić information content (AvgIpc) is 3.60. The van der Waals surface area contributed by atoms with Crippen LogP contribution in [0.4, 0.5) is 4.79 Å². The first kappa shape index (κ1) is 56.1. The minimum Gasteiger partial charge on any atom is -0.462 e. The fourth-order valence-corrected chi connectivity index (χ4v) is 13.5. The highest BCUT2D eigenvalue weighted by Crippen LogP contribution is 2.67. The molecule has 378 valence electrons. The van der Waals surface area contributed by atoms with E-state index in [1.54, 1.807) is 0 Å². The summed E-state index contributed by atoms with van der Waals surface area (Å²) in [7, 11) is 1.40. The third-order valence-electron chi connectivity index (χ3n) is 16.6. The number of phosphoric acid groups is 1. The molecule has 4 rings (SSSR count). The van der Waals surface area contributed by atoms with Crippen molar-refractivity contribution in [1.82, 2.24) is 0 Å². The monoisotopic (exact) mass is 937 g/mol. The van der Waals surface area contributed by atoms with Crippen LogP contribution >= 0.6 is 7.82 Å². The van der Waals surface area contributed by atoms with Crippen molar-refractivity contribution in [1.29, 1.82) is 0 Å². The van der Waals surface area contributed by atoms with Gasteiger partial charge >= 0.3 is 19.9 Å². The summed E-state index contributed by atoms with van der Waals surface area (Å²) < 4.78 is 41.0. The Morgan fingerprint density at radius 1 is 0.785 bits per heavy atom. The zero-order valence-electron chi connectivity index (χ0n) is 43.2. The van der Waals surface area contributed by atoms with Crippen molar-refractivity contribution in [3.05, 3.63) is 11.6 Å². The normalized spacial score (nSPS) is 28.4. The molecule has 0 saturated heterocycles. The van der Waals surface area contributed by atoms with Crippen LogP contribution in [0.1, 0.15) is 215 Å². The molecule has 11 heteroatoms. The fraction of sp³-hybridized carbons (Fsp3) is 0.926. The van der Waals surface area contributed by atoms with Gasteiger partial charge in [-0.1, -0.05) is 162 Å². The highest BCUT2D eigenvalue weighted by atomic mass is 31.2. The van der Waals surface area contributed by atoms with E-state index < -0.39 is 32.7 Å². The van der Waals surface area contributed by atoms with E-state index in [4.69, 9.17) is 23.3 Å². The Kier molecular flexibility index (Phi) is 23.9. The molecule has 0 bridgehead atoms. The van der Waals surface area contributed by atoms with Crippen LogP contribution in [-0.4, -0.2) is 81.2 Å². The smallest absolute Gasteiger partial charge is 0.462 e. The van der Waals surface area contributed by atoms with E-state index in [2.05, 4.69) is 47.6 Å². The van der Waals surface area contributed by atoms with Gasteiger partial charge in [-0.3, -0.25) is 13.8 Å². The predicted octanol–water partition coefficient (Wildman–Crippen LogP) is 14.6. The Labute approximate surface area is 398 Å². The van der Waals surface area contributed by atoms with Crippen LogP contribution < -0.4 is 0 Å². The molecular formula is C54H99NO9P+. The molecule has 0 radical (unpaired) electrons. The second-order valence-corrected chi connectivity index (χ2v) is 24.7. The van der Waals surface area contributed by atoms with Crippen LogP contribution in [-0.2, 0) is 32.6 Å². The van der Waals surface area contributed by atoms with E-state index in [0.29, 0.717) is 28.8 Å². The molecule has 0 aliphatic heterocycles. The summed E-state index contributed by atoms with van der Waals surface area (Å²) in [5.41, 5.74) is 1.97. The lowest BCUT2D eigenvalue weighted by Gasteiger charge is -2.58. The maximum atomic E-state index is 13.4. The number of hydrogen-bond acceptors (Lipinski definition) is 8. The summed E-state index contributed by atoms with van der Waals surface area (Å²) >= 11 is 0. The molecule has 4 aliphatic rings. The van der Waals surface area contributed by atoms with Gasteiger partial charge in [0.2, 0.25) is 0 Å². The molecule has 2 unspecified atom stereocenters. The van der Waals surface area contributed by atoms with E-state index in [1.807, 2.05) is 21.1 Å². The number of rotatable bonds is 32. The van der Waals surface area contributed by atoms with E-state index in [9.17, 15) is 19.0 Å². The summed E-state index contributed by atoms with van der Waals surface area (Å²) in [6, 6.07) is 0. The van der Waals surface area contributed by atoms with Gasteiger partial charge in [0.25, 0.3) is 0 Å². The van der Waals surface area contributed by atoms with Crippen molar-refractivity contribution >= 4 is 19.9 Å². The molecule has 0 spiro atoms. The topological polar surface area (TPSA) is 118 Å². The SMILES string of the molecule is CCCCCCCCCCCCCCCCCC(=O)OCC(COP(=O)(O)OCC[N+](C)(C)C)OC(=O)O[C@H]1CC[C@@]2(C)C(=CC[C@H]3[C@@H]4CC[C@H]([C@H](C)CCCC(C)C)[C@@]4(C)CC[C@@H]32)C1. The summed E-state index contributed by atoms with van der Waals surface area (Å²) in [6.07, 6.45) is 32.0. The third-order valence-corrected chi connectivity index (χ3v) is 17.6. The number of hydrogen-bond donors (Lipinski definition) is 1. The van der Waals surface area contributed by atoms with Crippen molar-refractivity contribution in [2.75, 3.05) is 47.5 Å². The quantitative estimate of drug-likeness (QED) is 0.0231. The molecule has 0 aromatic heterocycles. The lowest BCUT2D eigenvalue weighted by atomic mass is 9.47. The van der Waals surface area contributed by atoms with E-state index in [-0.39, 0.29) is 31.2 Å². The standard InChI is InChI=1S/C54H98NO9P/c1-10-11-12-13-14-15-16-17-18-19-20-21-22-23-24-28-51(56)60-40-46(41-62-65(58,59)61-38-37-55(7,8)9)64-52(57)63-45-33-35-53(5)44(39-45)29-30-47-49-32-31-48(43(4)27-25-26-42(2)3)54(49,6)36-34-50(47)53/h29,42-43,45-50H,10-28,30-41H2,1-9H3/p+1/t43-,45+,46?,47+,48-,49+,50+,53+,54-/m1/s1. The van der Waals surface area contributed by atoms with Gasteiger partial charge in [0, 0.05) is 12.8 Å². The number of unbranched alkanes of at least 4 members (excludes halogenated alkanes) is 14. The number of nitrogens with zero attached hydrogens (tertiary/aromatic N) is 1.